The summed E-state index contributed by atoms with van der Waals surface area (Å²) < 4.78 is 27.4. The van der Waals surface area contributed by atoms with Gasteiger partial charge in [-0.3, -0.25) is 5.10 Å². The third kappa shape index (κ3) is 4.77. The number of halogens is 1. The molecular weight excluding hydrogens is 426 g/mol. The summed E-state index contributed by atoms with van der Waals surface area (Å²) in [5.41, 5.74) is 1.04. The highest BCUT2D eigenvalue weighted by molar-refractivity contribution is 7.89. The van der Waals surface area contributed by atoms with Gasteiger partial charge in [0.2, 0.25) is 0 Å². The molecule has 30 heavy (non-hydrogen) atoms. The van der Waals surface area contributed by atoms with E-state index in [-0.39, 0.29) is 9.31 Å². The van der Waals surface area contributed by atoms with Crippen molar-refractivity contribution in [3.8, 4) is 11.4 Å². The molecule has 0 spiro atoms. The first-order valence-corrected chi connectivity index (χ1v) is 11.3. The fourth-order valence-corrected chi connectivity index (χ4v) is 4.33. The highest BCUT2D eigenvalue weighted by atomic mass is 35.5. The Morgan fingerprint density at radius 2 is 1.97 bits per heavy atom. The Morgan fingerprint density at radius 1 is 1.20 bits per heavy atom. The molecule has 4 rings (SSSR count). The summed E-state index contributed by atoms with van der Waals surface area (Å²) in [4.78, 5) is 12.8. The average molecular weight is 454 g/mol. The zero-order valence-electron chi connectivity index (χ0n) is 16.8. The summed E-state index contributed by atoms with van der Waals surface area (Å²) in [5.74, 6) is 1.94. The third-order valence-electron chi connectivity index (χ3n) is 4.32. The minimum Gasteiger partial charge on any atom is -0.322 e. The van der Waals surface area contributed by atoms with E-state index in [1.165, 1.54) is 31.3 Å². The molecule has 0 amide bonds. The minimum atomic E-state index is -3.72. The first kappa shape index (κ1) is 20.7. The van der Waals surface area contributed by atoms with Crippen molar-refractivity contribution in [3.63, 3.8) is 0 Å². The largest absolute Gasteiger partial charge is 0.322 e. The Bertz CT molecular complexity index is 1180. The zero-order chi connectivity index (χ0) is 21.5. The van der Waals surface area contributed by atoms with E-state index >= 15 is 0 Å². The van der Waals surface area contributed by atoms with Crippen LogP contribution in [0.4, 0.5) is 11.6 Å². The molecule has 0 unspecified atom stereocenters. The van der Waals surface area contributed by atoms with Gasteiger partial charge < -0.3 is 5.32 Å². The molecule has 1 fully saturated rings. The van der Waals surface area contributed by atoms with Gasteiger partial charge in [-0.2, -0.15) is 5.10 Å². The molecule has 0 aliphatic heterocycles. The first-order valence-electron chi connectivity index (χ1n) is 9.46. The van der Waals surface area contributed by atoms with Crippen LogP contribution in [0.25, 0.3) is 11.4 Å². The maximum absolute atomic E-state index is 12.4. The predicted molar refractivity (Wildman–Crippen MR) is 121 cm³/mol. The standard InChI is InChI=1S/C19H22ClN7O2S.3H2/c1-19(2,3)27-30(28,29)16-7-6-12(9-21-16)17-22-10-13(20)18(24-17)23-15-8-14(25-26-15)11-4-5-11;;;/h6-11,27H,4-5H2,1-3H3,(H2,22,23,24,25,26);3*1H. The van der Waals surface area contributed by atoms with Gasteiger partial charge in [0, 0.05) is 39.3 Å². The molecule has 0 radical (unpaired) electrons. The van der Waals surface area contributed by atoms with Crippen molar-refractivity contribution in [2.75, 3.05) is 5.32 Å². The lowest BCUT2D eigenvalue weighted by Crippen LogP contribution is -2.40. The number of sulfonamides is 1. The SMILES string of the molecule is CC(C)(C)NS(=O)(=O)c1ccc(-c2ncc(Cl)c(Nc3cc(C4CC4)[nH]n3)n2)cn1.[HH].[HH].[HH]. The molecule has 0 atom stereocenters. The van der Waals surface area contributed by atoms with Crippen LogP contribution >= 0.6 is 11.6 Å². The van der Waals surface area contributed by atoms with Gasteiger partial charge in [-0.25, -0.2) is 28.1 Å². The van der Waals surface area contributed by atoms with Crippen LogP contribution in [0.1, 0.15) is 49.5 Å². The van der Waals surface area contributed by atoms with Gasteiger partial charge in [0.15, 0.2) is 22.5 Å². The maximum Gasteiger partial charge on any atom is 0.258 e. The van der Waals surface area contributed by atoms with Crippen molar-refractivity contribution >= 4 is 33.3 Å². The maximum atomic E-state index is 12.4. The second-order valence-electron chi connectivity index (χ2n) is 8.24. The number of aromatic amines is 1. The molecule has 0 saturated heterocycles. The van der Waals surface area contributed by atoms with Gasteiger partial charge in [-0.1, -0.05) is 11.6 Å². The topological polar surface area (TPSA) is 126 Å². The van der Waals surface area contributed by atoms with E-state index in [9.17, 15) is 8.42 Å². The average Bonchev–Trinajstić information content (AvgIpc) is 3.41. The second kappa shape index (κ2) is 7.60. The number of hydrogen-bond donors (Lipinski definition) is 3. The number of hydrogen-bond acceptors (Lipinski definition) is 7. The molecule has 3 N–H and O–H groups in total. The van der Waals surface area contributed by atoms with Gasteiger partial charge in [0.25, 0.3) is 10.0 Å². The van der Waals surface area contributed by atoms with Crippen molar-refractivity contribution in [2.24, 2.45) is 0 Å². The predicted octanol–water partition coefficient (Wildman–Crippen LogP) is 4.35. The number of anilines is 2. The molecule has 0 aromatic carbocycles. The van der Waals surface area contributed by atoms with Gasteiger partial charge in [-0.15, -0.1) is 0 Å². The van der Waals surface area contributed by atoms with Crippen molar-refractivity contribution < 1.29 is 12.7 Å². The fourth-order valence-electron chi connectivity index (χ4n) is 2.85. The summed E-state index contributed by atoms with van der Waals surface area (Å²) in [6.45, 7) is 5.30. The number of pyridine rings is 1. The van der Waals surface area contributed by atoms with Crippen molar-refractivity contribution in [1.29, 1.82) is 0 Å². The van der Waals surface area contributed by atoms with Crippen LogP contribution in [0.5, 0.6) is 0 Å². The lowest BCUT2D eigenvalue weighted by Gasteiger charge is -2.19. The highest BCUT2D eigenvalue weighted by Gasteiger charge is 2.26. The van der Waals surface area contributed by atoms with E-state index in [4.69, 9.17) is 11.6 Å². The van der Waals surface area contributed by atoms with Crippen molar-refractivity contribution in [3.05, 3.63) is 41.3 Å². The number of nitrogens with one attached hydrogen (secondary N) is 3. The molecule has 164 valence electrons. The summed E-state index contributed by atoms with van der Waals surface area (Å²) in [7, 11) is -3.72. The Balaban J connectivity index is 0.00000181. The minimum absolute atomic E-state index is 0. The highest BCUT2D eigenvalue weighted by Crippen LogP contribution is 2.39. The van der Waals surface area contributed by atoms with E-state index in [0.29, 0.717) is 34.0 Å². The quantitative estimate of drug-likeness (QED) is 0.506. The molecule has 1 aliphatic carbocycles. The number of H-pyrrole nitrogens is 1. The van der Waals surface area contributed by atoms with Crippen molar-refractivity contribution in [2.45, 2.75) is 50.1 Å². The lowest BCUT2D eigenvalue weighted by atomic mass is 10.1. The first-order chi connectivity index (χ1) is 14.1. The van der Waals surface area contributed by atoms with Crippen LogP contribution in [0.3, 0.4) is 0 Å². The van der Waals surface area contributed by atoms with E-state index in [0.717, 1.165) is 5.69 Å². The normalized spacial score (nSPS) is 14.7. The number of nitrogens with zero attached hydrogens (tertiary/aromatic N) is 4. The van der Waals surface area contributed by atoms with Gasteiger partial charge >= 0.3 is 0 Å². The Morgan fingerprint density at radius 3 is 2.60 bits per heavy atom. The van der Waals surface area contributed by atoms with Crippen LogP contribution in [0.2, 0.25) is 5.02 Å². The van der Waals surface area contributed by atoms with Gasteiger partial charge in [0.05, 0.1) is 6.20 Å². The van der Waals surface area contributed by atoms with Crippen LogP contribution in [-0.4, -0.2) is 39.1 Å². The fraction of sp³-hybridized carbons (Fsp3) is 0.368. The summed E-state index contributed by atoms with van der Waals surface area (Å²) in [6, 6.07) is 4.97. The number of aromatic nitrogens is 5. The molecule has 1 aliphatic rings. The van der Waals surface area contributed by atoms with Crippen LogP contribution in [-0.2, 0) is 10.0 Å². The molecule has 9 nitrogen and oxygen atoms in total. The van der Waals surface area contributed by atoms with Crippen LogP contribution in [0.15, 0.2) is 35.6 Å². The molecule has 11 heteroatoms. The molecule has 1 saturated carbocycles. The smallest absolute Gasteiger partial charge is 0.258 e. The van der Waals surface area contributed by atoms with Crippen molar-refractivity contribution in [1.82, 2.24) is 29.9 Å². The van der Waals surface area contributed by atoms with E-state index in [1.54, 1.807) is 26.8 Å². The lowest BCUT2D eigenvalue weighted by molar-refractivity contribution is 0.489. The summed E-state index contributed by atoms with van der Waals surface area (Å²) >= 11 is 6.23. The Labute approximate surface area is 184 Å². The molecule has 3 heterocycles. The summed E-state index contributed by atoms with van der Waals surface area (Å²) in [5, 5.41) is 10.6. The zero-order valence-corrected chi connectivity index (χ0v) is 18.3. The molecule has 3 aromatic rings. The third-order valence-corrected chi connectivity index (χ3v) is 6.27. The van der Waals surface area contributed by atoms with Crippen LogP contribution < -0.4 is 10.0 Å². The molecule has 0 bridgehead atoms. The van der Waals surface area contributed by atoms with Crippen LogP contribution in [0, 0.1) is 0 Å². The molecule has 3 aromatic heterocycles. The Hall–Kier alpha value is -2.56. The Kier molecular flexibility index (Phi) is 5.25. The van der Waals surface area contributed by atoms with E-state index < -0.39 is 15.6 Å². The second-order valence-corrected chi connectivity index (χ2v) is 10.3. The van der Waals surface area contributed by atoms with Gasteiger partial charge in [-0.05, 0) is 45.7 Å². The van der Waals surface area contributed by atoms with Gasteiger partial charge in [0.1, 0.15) is 5.02 Å². The van der Waals surface area contributed by atoms with E-state index in [1.807, 2.05) is 6.07 Å². The monoisotopic (exact) mass is 453 g/mol. The van der Waals surface area contributed by atoms with E-state index in [2.05, 4.69) is 35.2 Å². The molecular formula is C19H28ClN7O2S. The summed E-state index contributed by atoms with van der Waals surface area (Å²) in [6.07, 6.45) is 5.24. The number of rotatable bonds is 6.